The summed E-state index contributed by atoms with van der Waals surface area (Å²) in [6, 6.07) is 23.8. The number of benzene rings is 3. The quantitative estimate of drug-likeness (QED) is 0.218. The van der Waals surface area contributed by atoms with E-state index >= 15 is 0 Å². The number of aliphatic hydroxyl groups is 1. The molecule has 40 heavy (non-hydrogen) atoms. The molecule has 0 fully saturated rings. The van der Waals surface area contributed by atoms with E-state index in [-0.39, 0.29) is 22.2 Å². The van der Waals surface area contributed by atoms with Gasteiger partial charge in [-0.2, -0.15) is 0 Å². The Labute approximate surface area is 232 Å². The topological polar surface area (TPSA) is 110 Å². The van der Waals surface area contributed by atoms with E-state index in [0.29, 0.717) is 38.6 Å². The number of fused-ring (bicyclic) bond motifs is 1. The van der Waals surface area contributed by atoms with E-state index < -0.39 is 23.5 Å². The highest BCUT2D eigenvalue weighted by molar-refractivity contribution is 7.17. The molecule has 5 aromatic rings. The van der Waals surface area contributed by atoms with Crippen LogP contribution in [-0.4, -0.2) is 27.6 Å². The summed E-state index contributed by atoms with van der Waals surface area (Å²) >= 11 is 1.03. The van der Waals surface area contributed by atoms with Crippen molar-refractivity contribution in [1.82, 2.24) is 4.98 Å². The zero-order valence-corrected chi connectivity index (χ0v) is 22.3. The van der Waals surface area contributed by atoms with Gasteiger partial charge in [-0.05, 0) is 48.9 Å². The smallest absolute Gasteiger partial charge is 0.296 e. The van der Waals surface area contributed by atoms with Crippen LogP contribution in [0.3, 0.4) is 0 Å². The van der Waals surface area contributed by atoms with Gasteiger partial charge in [0.05, 0.1) is 22.2 Å². The molecule has 0 saturated carbocycles. The van der Waals surface area contributed by atoms with Gasteiger partial charge in [-0.15, -0.1) is 0 Å². The zero-order chi connectivity index (χ0) is 28.0. The summed E-state index contributed by atoms with van der Waals surface area (Å²) in [5, 5.41) is 12.0. The van der Waals surface area contributed by atoms with Crippen molar-refractivity contribution in [2.24, 2.45) is 0 Å². The number of aryl methyl sites for hydroxylation is 1. The number of Topliss-reactive ketones (excluding diaryl/α,β-unsaturated/α-hetero) is 2. The number of hydrogen-bond acceptors (Lipinski definition) is 8. The van der Waals surface area contributed by atoms with Crippen molar-refractivity contribution in [3.63, 3.8) is 0 Å². The number of nitrogens with zero attached hydrogens (tertiary/aromatic N) is 2. The molecule has 0 saturated heterocycles. The summed E-state index contributed by atoms with van der Waals surface area (Å²) in [4.78, 5) is 45.7. The Kier molecular flexibility index (Phi) is 6.28. The SMILES string of the molecule is CC(=O)c1sc(N2C(=O)C(O)=C(C(=O)c3cc4ccccc4o3)C2c2cccc(Oc3ccccc3)c2)nc1C. The van der Waals surface area contributed by atoms with E-state index in [1.165, 1.54) is 11.8 Å². The highest BCUT2D eigenvalue weighted by atomic mass is 32.1. The minimum atomic E-state index is -1.06. The molecule has 0 bridgehead atoms. The van der Waals surface area contributed by atoms with Gasteiger partial charge in [0, 0.05) is 12.3 Å². The Morgan fingerprint density at radius 2 is 1.70 bits per heavy atom. The third-order valence-corrected chi connectivity index (χ3v) is 7.82. The van der Waals surface area contributed by atoms with Crippen molar-refractivity contribution in [2.75, 3.05) is 4.90 Å². The molecule has 1 unspecified atom stereocenters. The first kappa shape index (κ1) is 25.3. The van der Waals surface area contributed by atoms with E-state index in [4.69, 9.17) is 9.15 Å². The molecule has 9 heteroatoms. The maximum absolute atomic E-state index is 13.9. The highest BCUT2D eigenvalue weighted by Crippen LogP contribution is 2.45. The van der Waals surface area contributed by atoms with Crippen LogP contribution in [0.5, 0.6) is 11.5 Å². The van der Waals surface area contributed by atoms with Gasteiger partial charge in [0.1, 0.15) is 17.1 Å². The summed E-state index contributed by atoms with van der Waals surface area (Å²) in [5.41, 5.74) is 1.31. The summed E-state index contributed by atoms with van der Waals surface area (Å²) in [6.07, 6.45) is 0. The number of anilines is 1. The first-order valence-electron chi connectivity index (χ1n) is 12.4. The van der Waals surface area contributed by atoms with Gasteiger partial charge in [-0.25, -0.2) is 4.98 Å². The Morgan fingerprint density at radius 3 is 2.42 bits per heavy atom. The van der Waals surface area contributed by atoms with Crippen molar-refractivity contribution < 1.29 is 28.6 Å². The van der Waals surface area contributed by atoms with Crippen molar-refractivity contribution in [3.05, 3.63) is 118 Å². The van der Waals surface area contributed by atoms with E-state index in [1.807, 2.05) is 36.4 Å². The molecule has 0 radical (unpaired) electrons. The first-order chi connectivity index (χ1) is 19.3. The number of ketones is 2. The predicted molar refractivity (Wildman–Crippen MR) is 150 cm³/mol. The molecule has 1 aliphatic heterocycles. The summed E-state index contributed by atoms with van der Waals surface area (Å²) in [5.74, 6) is -1.28. The zero-order valence-electron chi connectivity index (χ0n) is 21.5. The van der Waals surface area contributed by atoms with Crippen LogP contribution < -0.4 is 9.64 Å². The van der Waals surface area contributed by atoms with Crippen molar-refractivity contribution >= 4 is 44.9 Å². The second-order valence-electron chi connectivity index (χ2n) is 9.27. The number of furan rings is 1. The molecule has 1 N–H and O–H groups in total. The number of amides is 1. The molecule has 3 heterocycles. The van der Waals surface area contributed by atoms with Gasteiger partial charge in [-0.3, -0.25) is 19.3 Å². The number of para-hydroxylation sites is 2. The maximum Gasteiger partial charge on any atom is 0.296 e. The normalized spacial score (nSPS) is 15.2. The lowest BCUT2D eigenvalue weighted by atomic mass is 9.95. The fraction of sp³-hybridized carbons (Fsp3) is 0.0968. The maximum atomic E-state index is 13.9. The Hall–Kier alpha value is -5.02. The number of hydrogen-bond donors (Lipinski definition) is 1. The van der Waals surface area contributed by atoms with Crippen molar-refractivity contribution in [2.45, 2.75) is 19.9 Å². The summed E-state index contributed by atoms with van der Waals surface area (Å²) in [6.45, 7) is 3.10. The second-order valence-corrected chi connectivity index (χ2v) is 10.2. The Balaban J connectivity index is 1.48. The number of aliphatic hydroxyl groups excluding tert-OH is 1. The molecule has 1 aliphatic rings. The van der Waals surface area contributed by atoms with Gasteiger partial charge in [-0.1, -0.05) is 59.9 Å². The molecule has 6 rings (SSSR count). The minimum absolute atomic E-state index is 0.0150. The fourth-order valence-corrected chi connectivity index (χ4v) is 5.75. The fourth-order valence-electron chi connectivity index (χ4n) is 4.76. The van der Waals surface area contributed by atoms with Crippen molar-refractivity contribution in [1.29, 1.82) is 0 Å². The first-order valence-corrected chi connectivity index (χ1v) is 13.2. The van der Waals surface area contributed by atoms with Crippen molar-refractivity contribution in [3.8, 4) is 11.5 Å². The van der Waals surface area contributed by atoms with E-state index in [0.717, 1.165) is 11.3 Å². The second kappa shape index (κ2) is 9.94. The van der Waals surface area contributed by atoms with Gasteiger partial charge >= 0.3 is 0 Å². The van der Waals surface area contributed by atoms with Crippen LogP contribution in [0.15, 0.2) is 101 Å². The van der Waals surface area contributed by atoms with Crippen LogP contribution in [0.25, 0.3) is 11.0 Å². The molecule has 0 spiro atoms. The van der Waals surface area contributed by atoms with E-state index in [2.05, 4.69) is 4.98 Å². The number of rotatable bonds is 7. The van der Waals surface area contributed by atoms with Gasteiger partial charge < -0.3 is 14.3 Å². The molecule has 198 valence electrons. The van der Waals surface area contributed by atoms with Gasteiger partial charge in [0.25, 0.3) is 5.91 Å². The number of thiazole rings is 1. The van der Waals surface area contributed by atoms with Gasteiger partial charge in [0.2, 0.25) is 5.78 Å². The largest absolute Gasteiger partial charge is 0.503 e. The highest BCUT2D eigenvalue weighted by Gasteiger charge is 2.47. The third-order valence-electron chi connectivity index (χ3n) is 6.57. The summed E-state index contributed by atoms with van der Waals surface area (Å²) in [7, 11) is 0. The molecular weight excluding hydrogens is 528 g/mol. The van der Waals surface area contributed by atoms with Crippen LogP contribution in [0.1, 0.15) is 44.4 Å². The molecule has 8 nitrogen and oxygen atoms in total. The molecule has 2 aromatic heterocycles. The monoisotopic (exact) mass is 550 g/mol. The van der Waals surface area contributed by atoms with E-state index in [9.17, 15) is 19.5 Å². The molecular formula is C31H22N2O6S. The van der Waals surface area contributed by atoms with Crippen LogP contribution >= 0.6 is 11.3 Å². The van der Waals surface area contributed by atoms with Crippen LogP contribution in [-0.2, 0) is 4.79 Å². The number of aromatic nitrogens is 1. The minimum Gasteiger partial charge on any atom is -0.503 e. The van der Waals surface area contributed by atoms with Crippen LogP contribution in [0, 0.1) is 6.92 Å². The Morgan fingerprint density at radius 1 is 0.975 bits per heavy atom. The number of carbonyl (C=O) groups excluding carboxylic acids is 3. The standard InChI is InChI=1S/C31H22N2O6S/c1-17-29(18(2)34)40-31(32-17)33-26(20-10-8-13-22(15-20)38-21-11-4-3-5-12-21)25(28(36)30(33)37)27(35)24-16-19-9-6-7-14-23(19)39-24/h3-16,26,36H,1-2H3. The predicted octanol–water partition coefficient (Wildman–Crippen LogP) is 6.98. The number of carbonyl (C=O) groups is 3. The lowest BCUT2D eigenvalue weighted by molar-refractivity contribution is -0.117. The lowest BCUT2D eigenvalue weighted by Gasteiger charge is -2.24. The average Bonchev–Trinajstić information content (AvgIpc) is 3.63. The summed E-state index contributed by atoms with van der Waals surface area (Å²) < 4.78 is 11.8. The van der Waals surface area contributed by atoms with Gasteiger partial charge in [0.15, 0.2) is 22.4 Å². The Bertz CT molecular complexity index is 1800. The average molecular weight is 551 g/mol. The van der Waals surface area contributed by atoms with E-state index in [1.54, 1.807) is 55.5 Å². The van der Waals surface area contributed by atoms with Crippen LogP contribution in [0.4, 0.5) is 5.13 Å². The molecule has 0 aliphatic carbocycles. The number of ether oxygens (including phenoxy) is 1. The lowest BCUT2D eigenvalue weighted by Crippen LogP contribution is -2.31. The van der Waals surface area contributed by atoms with Crippen LogP contribution in [0.2, 0.25) is 0 Å². The third kappa shape index (κ3) is 4.36. The molecule has 3 aromatic carbocycles. The molecule has 1 amide bonds. The molecule has 1 atom stereocenters.